The molecule has 0 aromatic heterocycles. The highest BCUT2D eigenvalue weighted by Crippen LogP contribution is 2.20. The third-order valence-electron chi connectivity index (χ3n) is 4.01. The second-order valence-electron chi connectivity index (χ2n) is 6.57. The summed E-state index contributed by atoms with van der Waals surface area (Å²) in [4.78, 5) is 22.6. The number of hydrogen-bond acceptors (Lipinski definition) is 4. The molecular formula is C19H33BrO4. The van der Waals surface area contributed by atoms with Gasteiger partial charge in [0.1, 0.15) is 12.9 Å². The van der Waals surface area contributed by atoms with Gasteiger partial charge in [-0.05, 0) is 34.7 Å². The molecule has 0 saturated heterocycles. The molecule has 0 amide bonds. The van der Waals surface area contributed by atoms with Crippen molar-refractivity contribution in [1.82, 2.24) is 0 Å². The molecule has 0 bridgehead atoms. The van der Waals surface area contributed by atoms with Gasteiger partial charge in [0, 0.05) is 6.92 Å². The highest BCUT2D eigenvalue weighted by Gasteiger charge is 2.15. The smallest absolute Gasteiger partial charge is 0.313 e. The van der Waals surface area contributed by atoms with E-state index in [9.17, 15) is 9.59 Å². The van der Waals surface area contributed by atoms with Crippen LogP contribution in [-0.2, 0) is 19.1 Å². The lowest BCUT2D eigenvalue weighted by atomic mass is 9.93. The van der Waals surface area contributed by atoms with Gasteiger partial charge in [-0.15, -0.1) is 0 Å². The van der Waals surface area contributed by atoms with Crippen LogP contribution in [0.15, 0.2) is 10.7 Å². The Kier molecular flexibility index (Phi) is 14.0. The predicted molar refractivity (Wildman–Crippen MR) is 101 cm³/mol. The number of halogens is 1. The van der Waals surface area contributed by atoms with Crippen molar-refractivity contribution >= 4 is 27.9 Å². The minimum atomic E-state index is -0.372. The van der Waals surface area contributed by atoms with Gasteiger partial charge in [0.2, 0.25) is 0 Å². The molecule has 0 spiro atoms. The van der Waals surface area contributed by atoms with E-state index in [1.54, 1.807) is 0 Å². The van der Waals surface area contributed by atoms with Crippen LogP contribution < -0.4 is 0 Å². The summed E-state index contributed by atoms with van der Waals surface area (Å²) in [5, 5.41) is 0. The second kappa shape index (κ2) is 14.5. The quantitative estimate of drug-likeness (QED) is 0.223. The van der Waals surface area contributed by atoms with E-state index in [2.05, 4.69) is 29.8 Å². The number of carbonyl (C=O) groups excluding carboxylic acids is 2. The Morgan fingerprint density at radius 1 is 1.04 bits per heavy atom. The van der Waals surface area contributed by atoms with Crippen LogP contribution in [0.4, 0.5) is 0 Å². The van der Waals surface area contributed by atoms with Crippen molar-refractivity contribution < 1.29 is 19.1 Å². The van der Waals surface area contributed by atoms with Gasteiger partial charge in [-0.3, -0.25) is 9.59 Å². The van der Waals surface area contributed by atoms with Crippen LogP contribution in [0.3, 0.4) is 0 Å². The Morgan fingerprint density at radius 3 is 2.33 bits per heavy atom. The van der Waals surface area contributed by atoms with E-state index in [0.29, 0.717) is 10.4 Å². The molecule has 0 rings (SSSR count). The maximum absolute atomic E-state index is 11.9. The van der Waals surface area contributed by atoms with Gasteiger partial charge in [-0.1, -0.05) is 59.3 Å². The number of rotatable bonds is 13. The molecule has 0 saturated carbocycles. The lowest BCUT2D eigenvalue weighted by Gasteiger charge is -2.14. The van der Waals surface area contributed by atoms with E-state index in [4.69, 9.17) is 9.47 Å². The summed E-state index contributed by atoms with van der Waals surface area (Å²) in [5.41, 5.74) is 0. The first-order valence-electron chi connectivity index (χ1n) is 9.05. The normalized spacial score (nSPS) is 14.1. The minimum absolute atomic E-state index is 0.0755. The Labute approximate surface area is 155 Å². The zero-order chi connectivity index (χ0) is 18.4. The van der Waals surface area contributed by atoms with Gasteiger partial charge in [0.15, 0.2) is 0 Å². The van der Waals surface area contributed by atoms with Gasteiger partial charge in [-0.25, -0.2) is 0 Å². The fourth-order valence-corrected chi connectivity index (χ4v) is 2.54. The third-order valence-corrected chi connectivity index (χ3v) is 4.43. The Bertz CT molecular complexity index is 393. The monoisotopic (exact) mass is 404 g/mol. The molecular weight excluding hydrogens is 372 g/mol. The molecule has 2 atom stereocenters. The average Bonchev–Trinajstić information content (AvgIpc) is 2.55. The molecule has 0 aliphatic rings. The lowest BCUT2D eigenvalue weighted by Crippen LogP contribution is -2.14. The highest BCUT2D eigenvalue weighted by molar-refractivity contribution is 9.11. The second-order valence-corrected chi connectivity index (χ2v) is 7.59. The zero-order valence-electron chi connectivity index (χ0n) is 15.6. The maximum Gasteiger partial charge on any atom is 0.313 e. The molecule has 0 fully saturated rings. The summed E-state index contributed by atoms with van der Waals surface area (Å²) in [7, 11) is 0. The van der Waals surface area contributed by atoms with Crippen molar-refractivity contribution in [3.05, 3.63) is 10.7 Å². The molecule has 4 nitrogen and oxygen atoms in total. The summed E-state index contributed by atoms with van der Waals surface area (Å²) < 4.78 is 10.4. The van der Waals surface area contributed by atoms with Crippen molar-refractivity contribution in [1.29, 1.82) is 0 Å². The number of ether oxygens (including phenoxy) is 2. The Morgan fingerprint density at radius 2 is 1.71 bits per heavy atom. The van der Waals surface area contributed by atoms with E-state index in [-0.39, 0.29) is 24.5 Å². The summed E-state index contributed by atoms with van der Waals surface area (Å²) in [6, 6.07) is 0. The average molecular weight is 405 g/mol. The summed E-state index contributed by atoms with van der Waals surface area (Å²) in [6.45, 7) is 7.79. The van der Waals surface area contributed by atoms with Gasteiger partial charge < -0.3 is 9.47 Å². The van der Waals surface area contributed by atoms with Crippen LogP contribution in [0.2, 0.25) is 0 Å². The van der Waals surface area contributed by atoms with E-state index in [1.165, 1.54) is 51.7 Å². The molecule has 0 aliphatic carbocycles. The first-order chi connectivity index (χ1) is 11.4. The number of unbranched alkanes of at least 4 members (excludes halogenated alkanes) is 4. The summed E-state index contributed by atoms with van der Waals surface area (Å²) in [6.07, 6.45) is 11.0. The van der Waals surface area contributed by atoms with Gasteiger partial charge in [-0.2, -0.15) is 0 Å². The van der Waals surface area contributed by atoms with Gasteiger partial charge in [0.05, 0.1) is 10.4 Å². The van der Waals surface area contributed by atoms with E-state index < -0.39 is 0 Å². The van der Waals surface area contributed by atoms with E-state index >= 15 is 0 Å². The van der Waals surface area contributed by atoms with Crippen LogP contribution in [0, 0.1) is 11.8 Å². The SMILES string of the molecule is CCCCCCCC(C)CCC(C)C(=O)O/C=C(\Br)COC(C)=O. The zero-order valence-corrected chi connectivity index (χ0v) is 17.2. The fourth-order valence-electron chi connectivity index (χ4n) is 2.34. The van der Waals surface area contributed by atoms with Crippen molar-refractivity contribution in [2.75, 3.05) is 6.61 Å². The Hall–Kier alpha value is -0.840. The number of esters is 2. The molecule has 0 aromatic carbocycles. The maximum atomic E-state index is 11.9. The molecule has 140 valence electrons. The van der Waals surface area contributed by atoms with Crippen molar-refractivity contribution in [3.8, 4) is 0 Å². The fraction of sp³-hybridized carbons (Fsp3) is 0.789. The number of hydrogen-bond donors (Lipinski definition) is 0. The largest absolute Gasteiger partial charge is 0.460 e. The van der Waals surface area contributed by atoms with Crippen LogP contribution >= 0.6 is 15.9 Å². The minimum Gasteiger partial charge on any atom is -0.460 e. The van der Waals surface area contributed by atoms with Gasteiger partial charge in [0.25, 0.3) is 0 Å². The molecule has 0 radical (unpaired) electrons. The van der Waals surface area contributed by atoms with E-state index in [1.807, 2.05) is 6.92 Å². The molecule has 0 aliphatic heterocycles. The Balaban J connectivity index is 3.88. The third kappa shape index (κ3) is 13.6. The molecule has 5 heteroatoms. The van der Waals surface area contributed by atoms with Crippen LogP contribution in [0.25, 0.3) is 0 Å². The lowest BCUT2D eigenvalue weighted by molar-refractivity contribution is -0.142. The summed E-state index contributed by atoms with van der Waals surface area (Å²) in [5.74, 6) is -0.0976. The number of carbonyl (C=O) groups is 2. The predicted octanol–water partition coefficient (Wildman–Crippen LogP) is 5.74. The van der Waals surface area contributed by atoms with Crippen molar-refractivity contribution in [2.45, 2.75) is 79.1 Å². The highest BCUT2D eigenvalue weighted by atomic mass is 79.9. The molecule has 0 aromatic rings. The van der Waals surface area contributed by atoms with Crippen LogP contribution in [0.5, 0.6) is 0 Å². The van der Waals surface area contributed by atoms with E-state index in [0.717, 1.165) is 12.8 Å². The van der Waals surface area contributed by atoms with Gasteiger partial charge >= 0.3 is 11.9 Å². The van der Waals surface area contributed by atoms with Crippen LogP contribution in [-0.4, -0.2) is 18.5 Å². The van der Waals surface area contributed by atoms with Crippen molar-refractivity contribution in [2.24, 2.45) is 11.8 Å². The van der Waals surface area contributed by atoms with Crippen molar-refractivity contribution in [3.63, 3.8) is 0 Å². The standard InChI is InChI=1S/C19H33BrO4/c1-5-6-7-8-9-10-15(2)11-12-16(3)19(22)24-14-18(20)13-23-17(4)21/h14-16H,5-13H2,1-4H3/b18-14-. The summed E-state index contributed by atoms with van der Waals surface area (Å²) >= 11 is 3.20. The first kappa shape index (κ1) is 23.2. The molecule has 0 heterocycles. The van der Waals surface area contributed by atoms with Crippen LogP contribution in [0.1, 0.15) is 79.1 Å². The first-order valence-corrected chi connectivity index (χ1v) is 9.84. The molecule has 0 N–H and O–H groups in total. The molecule has 2 unspecified atom stereocenters. The molecule has 24 heavy (non-hydrogen) atoms. The topological polar surface area (TPSA) is 52.6 Å².